The summed E-state index contributed by atoms with van der Waals surface area (Å²) in [5.74, 6) is 1.72. The van der Waals surface area contributed by atoms with Gasteiger partial charge in [-0.3, -0.25) is 4.79 Å². The van der Waals surface area contributed by atoms with Crippen LogP contribution < -0.4 is 9.47 Å². The van der Waals surface area contributed by atoms with E-state index in [4.69, 9.17) is 9.47 Å². The quantitative estimate of drug-likeness (QED) is 0.156. The first-order chi connectivity index (χ1) is 16.6. The third-order valence-corrected chi connectivity index (χ3v) is 7.07. The van der Waals surface area contributed by atoms with Crippen LogP contribution in [0.2, 0.25) is 0 Å². The van der Waals surface area contributed by atoms with Gasteiger partial charge in [0.1, 0.15) is 11.5 Å². The van der Waals surface area contributed by atoms with Crippen LogP contribution in [0.3, 0.4) is 0 Å². The predicted octanol–water partition coefficient (Wildman–Crippen LogP) is 9.41. The third-order valence-electron chi connectivity index (χ3n) is 5.97. The van der Waals surface area contributed by atoms with Crippen molar-refractivity contribution >= 4 is 16.9 Å². The fourth-order valence-electron chi connectivity index (χ4n) is 3.82. The van der Waals surface area contributed by atoms with E-state index < -0.39 is 0 Å². The monoisotopic (exact) mass is 484 g/mol. The number of thioether (sulfide) groups is 1. The molecule has 0 amide bonds. The molecular weight excluding hydrogens is 440 g/mol. The minimum atomic E-state index is 0.0475. The van der Waals surface area contributed by atoms with Crippen LogP contribution in [-0.2, 0) is 0 Å². The van der Waals surface area contributed by atoms with E-state index in [0.717, 1.165) is 48.0 Å². The van der Waals surface area contributed by atoms with Crippen LogP contribution in [0.4, 0.5) is 0 Å². The van der Waals surface area contributed by atoms with Crippen molar-refractivity contribution in [3.05, 3.63) is 53.6 Å². The normalized spacial score (nSPS) is 10.9. The fraction of sp³-hybridized carbons (Fsp3) is 0.567. The molecule has 0 N–H and O–H groups in total. The van der Waals surface area contributed by atoms with E-state index in [2.05, 4.69) is 13.8 Å². The zero-order chi connectivity index (χ0) is 24.4. The Bertz CT molecular complexity index is 816. The maximum Gasteiger partial charge on any atom is 0.224 e. The van der Waals surface area contributed by atoms with Crippen molar-refractivity contribution in [3.63, 3.8) is 0 Å². The fourth-order valence-corrected chi connectivity index (χ4v) is 4.63. The maximum atomic E-state index is 12.8. The van der Waals surface area contributed by atoms with E-state index in [1.165, 1.54) is 76.0 Å². The smallest absolute Gasteiger partial charge is 0.224 e. The van der Waals surface area contributed by atoms with Crippen molar-refractivity contribution in [1.29, 1.82) is 0 Å². The number of rotatable bonds is 18. The van der Waals surface area contributed by atoms with Gasteiger partial charge in [0.2, 0.25) is 5.12 Å². The van der Waals surface area contributed by atoms with Gasteiger partial charge in [-0.1, -0.05) is 78.1 Å². The second-order valence-electron chi connectivity index (χ2n) is 9.07. The molecule has 2 aromatic rings. The Labute approximate surface area is 212 Å². The molecule has 0 spiro atoms. The number of ether oxygens (including phenoxy) is 2. The lowest BCUT2D eigenvalue weighted by molar-refractivity contribution is 0.108. The Morgan fingerprint density at radius 1 is 0.676 bits per heavy atom. The summed E-state index contributed by atoms with van der Waals surface area (Å²) in [6, 6.07) is 13.5. The molecule has 0 aliphatic heterocycles. The summed E-state index contributed by atoms with van der Waals surface area (Å²) < 4.78 is 11.7. The summed E-state index contributed by atoms with van der Waals surface area (Å²) in [6.07, 6.45) is 15.0. The molecule has 0 heterocycles. The first-order valence-corrected chi connectivity index (χ1v) is 14.1. The van der Waals surface area contributed by atoms with Gasteiger partial charge in [0.25, 0.3) is 0 Å². The predicted molar refractivity (Wildman–Crippen MR) is 146 cm³/mol. The average molecular weight is 485 g/mol. The number of carbonyl (C=O) groups is 1. The molecule has 2 aromatic carbocycles. The zero-order valence-corrected chi connectivity index (χ0v) is 22.4. The summed E-state index contributed by atoms with van der Waals surface area (Å²) in [5.41, 5.74) is 1.76. The molecule has 0 aliphatic rings. The Kier molecular flexibility index (Phi) is 14.6. The van der Waals surface area contributed by atoms with Gasteiger partial charge in [-0.2, -0.15) is 0 Å². The standard InChI is InChI=1S/C30H44O3S/c1-4-6-8-10-12-14-22-32-27-18-16-26(17-19-27)30(31)34-29-21-20-28(24-25(29)3)33-23-15-13-11-9-7-5-2/h16-21,24H,4-15,22-23H2,1-3H3. The van der Waals surface area contributed by atoms with Gasteiger partial charge in [-0.25, -0.2) is 0 Å². The number of hydrogen-bond acceptors (Lipinski definition) is 4. The lowest BCUT2D eigenvalue weighted by atomic mass is 10.1. The third kappa shape index (κ3) is 11.5. The highest BCUT2D eigenvalue weighted by Gasteiger charge is 2.11. The van der Waals surface area contributed by atoms with Crippen molar-refractivity contribution in [2.24, 2.45) is 0 Å². The first kappa shape index (κ1) is 28.3. The van der Waals surface area contributed by atoms with Gasteiger partial charge in [0, 0.05) is 10.5 Å². The minimum absolute atomic E-state index is 0.0475. The minimum Gasteiger partial charge on any atom is -0.494 e. The van der Waals surface area contributed by atoms with Crippen LogP contribution in [0.15, 0.2) is 47.4 Å². The van der Waals surface area contributed by atoms with Crippen molar-refractivity contribution < 1.29 is 14.3 Å². The summed E-state index contributed by atoms with van der Waals surface area (Å²) in [5, 5.41) is 0.0475. The molecule has 34 heavy (non-hydrogen) atoms. The van der Waals surface area contributed by atoms with Crippen molar-refractivity contribution in [1.82, 2.24) is 0 Å². The van der Waals surface area contributed by atoms with Crippen LogP contribution in [0.5, 0.6) is 11.5 Å². The summed E-state index contributed by atoms with van der Waals surface area (Å²) in [4.78, 5) is 13.7. The molecule has 0 radical (unpaired) electrons. The highest BCUT2D eigenvalue weighted by Crippen LogP contribution is 2.29. The van der Waals surface area contributed by atoms with Crippen molar-refractivity contribution in [3.8, 4) is 11.5 Å². The highest BCUT2D eigenvalue weighted by molar-refractivity contribution is 8.14. The number of hydrogen-bond donors (Lipinski definition) is 0. The Morgan fingerprint density at radius 2 is 1.18 bits per heavy atom. The van der Waals surface area contributed by atoms with Crippen molar-refractivity contribution in [2.75, 3.05) is 13.2 Å². The summed E-state index contributed by atoms with van der Waals surface area (Å²) in [6.45, 7) is 8.00. The van der Waals surface area contributed by atoms with E-state index in [9.17, 15) is 4.79 Å². The maximum absolute atomic E-state index is 12.8. The molecule has 0 saturated heterocycles. The molecule has 0 fully saturated rings. The van der Waals surface area contributed by atoms with Gasteiger partial charge in [-0.05, 0) is 79.6 Å². The van der Waals surface area contributed by atoms with E-state index in [0.29, 0.717) is 5.56 Å². The Balaban J connectivity index is 1.72. The van der Waals surface area contributed by atoms with Gasteiger partial charge >= 0.3 is 0 Å². The van der Waals surface area contributed by atoms with E-state index in [-0.39, 0.29) is 5.12 Å². The SMILES string of the molecule is CCCCCCCCOc1ccc(C(=O)Sc2ccc(OCCCCCCCC)cc2C)cc1. The summed E-state index contributed by atoms with van der Waals surface area (Å²) >= 11 is 1.27. The second kappa shape index (κ2) is 17.5. The number of aryl methyl sites for hydroxylation is 1. The number of benzene rings is 2. The molecule has 0 saturated carbocycles. The molecule has 0 unspecified atom stereocenters. The molecule has 2 rings (SSSR count). The van der Waals surface area contributed by atoms with Crippen LogP contribution in [0.1, 0.15) is 107 Å². The van der Waals surface area contributed by atoms with Gasteiger partial charge in [0.15, 0.2) is 0 Å². The molecule has 188 valence electrons. The van der Waals surface area contributed by atoms with Crippen LogP contribution in [-0.4, -0.2) is 18.3 Å². The van der Waals surface area contributed by atoms with E-state index in [1.807, 2.05) is 49.4 Å². The van der Waals surface area contributed by atoms with Gasteiger partial charge in [0.05, 0.1) is 13.2 Å². The molecule has 4 heteroatoms. The topological polar surface area (TPSA) is 35.5 Å². The number of unbranched alkanes of at least 4 members (excludes halogenated alkanes) is 10. The van der Waals surface area contributed by atoms with Crippen LogP contribution in [0, 0.1) is 6.92 Å². The van der Waals surface area contributed by atoms with Gasteiger partial charge in [-0.15, -0.1) is 0 Å². The van der Waals surface area contributed by atoms with Crippen LogP contribution >= 0.6 is 11.8 Å². The highest BCUT2D eigenvalue weighted by atomic mass is 32.2. The van der Waals surface area contributed by atoms with E-state index in [1.54, 1.807) is 0 Å². The largest absolute Gasteiger partial charge is 0.494 e. The number of carbonyl (C=O) groups excluding carboxylic acids is 1. The molecule has 0 aliphatic carbocycles. The molecule has 0 atom stereocenters. The lowest BCUT2D eigenvalue weighted by Gasteiger charge is -2.10. The van der Waals surface area contributed by atoms with E-state index >= 15 is 0 Å². The van der Waals surface area contributed by atoms with Crippen molar-refractivity contribution in [2.45, 2.75) is 103 Å². The average Bonchev–Trinajstić information content (AvgIpc) is 2.85. The lowest BCUT2D eigenvalue weighted by Crippen LogP contribution is -1.99. The Morgan fingerprint density at radius 3 is 1.74 bits per heavy atom. The molecular formula is C30H44O3S. The first-order valence-electron chi connectivity index (χ1n) is 13.3. The van der Waals surface area contributed by atoms with Gasteiger partial charge < -0.3 is 9.47 Å². The molecule has 3 nitrogen and oxygen atoms in total. The molecule has 0 bridgehead atoms. The summed E-state index contributed by atoms with van der Waals surface area (Å²) in [7, 11) is 0. The molecule has 0 aromatic heterocycles. The second-order valence-corrected chi connectivity index (χ2v) is 10.1. The Hall–Kier alpha value is -1.94. The van der Waals surface area contributed by atoms with Crippen LogP contribution in [0.25, 0.3) is 0 Å². The zero-order valence-electron chi connectivity index (χ0n) is 21.6.